The Balaban J connectivity index is 1.35. The number of nitrogens with one attached hydrogen (secondary N) is 1. The first kappa shape index (κ1) is 23.7. The largest absolute Gasteiger partial charge is 0.321 e. The summed E-state index contributed by atoms with van der Waals surface area (Å²) in [6, 6.07) is 21.7. The Morgan fingerprint density at radius 2 is 1.63 bits per heavy atom. The van der Waals surface area contributed by atoms with Crippen LogP contribution in [0.1, 0.15) is 42.5 Å². The number of benzene rings is 3. The molecule has 1 aliphatic carbocycles. The van der Waals surface area contributed by atoms with E-state index in [9.17, 15) is 13.2 Å². The van der Waals surface area contributed by atoms with E-state index in [-0.39, 0.29) is 16.8 Å². The van der Waals surface area contributed by atoms with Crippen molar-refractivity contribution in [1.29, 1.82) is 0 Å². The van der Waals surface area contributed by atoms with Crippen molar-refractivity contribution in [3.05, 3.63) is 78.4 Å². The first-order valence-electron chi connectivity index (χ1n) is 11.8. The van der Waals surface area contributed by atoms with Crippen LogP contribution in [0.5, 0.6) is 0 Å². The van der Waals surface area contributed by atoms with Crippen LogP contribution in [0.4, 0.5) is 5.69 Å². The molecule has 180 valence electrons. The number of hydrogen-bond donors (Lipinski definition) is 1. The molecule has 0 atom stereocenters. The van der Waals surface area contributed by atoms with E-state index in [4.69, 9.17) is 4.98 Å². The minimum absolute atomic E-state index is 0.0377. The van der Waals surface area contributed by atoms with Gasteiger partial charge < -0.3 is 5.32 Å². The number of para-hydroxylation sites is 2. The minimum atomic E-state index is -3.60. The van der Waals surface area contributed by atoms with Crippen LogP contribution in [0.15, 0.2) is 77.7 Å². The van der Waals surface area contributed by atoms with Crippen LogP contribution in [0, 0.1) is 0 Å². The fourth-order valence-corrected chi connectivity index (χ4v) is 6.97. The molecule has 1 N–H and O–H groups in total. The molecule has 0 spiro atoms. The highest BCUT2D eigenvalue weighted by molar-refractivity contribution is 7.89. The summed E-state index contributed by atoms with van der Waals surface area (Å²) in [7, 11) is -1.94. The lowest BCUT2D eigenvalue weighted by Gasteiger charge is -2.30. The fraction of sp³-hybridized carbons (Fsp3) is 0.259. The van der Waals surface area contributed by atoms with Crippen LogP contribution in [-0.2, 0) is 10.0 Å². The van der Waals surface area contributed by atoms with Gasteiger partial charge in [0.05, 0.1) is 20.8 Å². The van der Waals surface area contributed by atoms with Crippen LogP contribution in [-0.4, -0.2) is 36.7 Å². The van der Waals surface area contributed by atoms with Gasteiger partial charge in [-0.3, -0.25) is 4.79 Å². The molecular weight excluding hydrogens is 478 g/mol. The second-order valence-electron chi connectivity index (χ2n) is 8.82. The van der Waals surface area contributed by atoms with Gasteiger partial charge in [-0.05, 0) is 61.4 Å². The van der Waals surface area contributed by atoms with E-state index in [1.54, 1.807) is 30.5 Å². The van der Waals surface area contributed by atoms with Crippen molar-refractivity contribution in [2.24, 2.45) is 0 Å². The first-order valence-corrected chi connectivity index (χ1v) is 14.0. The number of anilines is 1. The summed E-state index contributed by atoms with van der Waals surface area (Å²) in [6.07, 6.45) is 5.06. The van der Waals surface area contributed by atoms with E-state index in [1.807, 2.05) is 48.5 Å². The Morgan fingerprint density at radius 1 is 0.943 bits per heavy atom. The van der Waals surface area contributed by atoms with Crippen LogP contribution in [0.3, 0.4) is 0 Å². The van der Waals surface area contributed by atoms with Crippen molar-refractivity contribution in [1.82, 2.24) is 9.29 Å². The van der Waals surface area contributed by atoms with Crippen molar-refractivity contribution in [3.8, 4) is 10.6 Å². The molecule has 8 heteroatoms. The molecule has 4 aromatic rings. The highest BCUT2D eigenvalue weighted by Gasteiger charge is 2.29. The van der Waals surface area contributed by atoms with Crippen molar-refractivity contribution >= 4 is 43.2 Å². The highest BCUT2D eigenvalue weighted by Crippen LogP contribution is 2.34. The molecular formula is C27H27N3O3S2. The number of thiazole rings is 1. The molecule has 1 heterocycles. The van der Waals surface area contributed by atoms with Crippen LogP contribution >= 0.6 is 11.3 Å². The van der Waals surface area contributed by atoms with Gasteiger partial charge in [-0.15, -0.1) is 11.3 Å². The molecule has 0 bridgehead atoms. The van der Waals surface area contributed by atoms with Gasteiger partial charge in [0.25, 0.3) is 5.91 Å². The molecule has 1 saturated carbocycles. The molecule has 3 aromatic carbocycles. The predicted octanol–water partition coefficient (Wildman–Crippen LogP) is 6.17. The zero-order valence-electron chi connectivity index (χ0n) is 19.5. The van der Waals surface area contributed by atoms with Gasteiger partial charge in [-0.2, -0.15) is 4.31 Å². The number of sulfonamides is 1. The summed E-state index contributed by atoms with van der Waals surface area (Å²) in [5.41, 5.74) is 2.81. The predicted molar refractivity (Wildman–Crippen MR) is 141 cm³/mol. The molecule has 0 saturated heterocycles. The number of amides is 1. The second kappa shape index (κ2) is 9.89. The van der Waals surface area contributed by atoms with E-state index in [1.165, 1.54) is 16.4 Å². The summed E-state index contributed by atoms with van der Waals surface area (Å²) in [5, 5.41) is 3.80. The molecule has 6 nitrogen and oxygen atoms in total. The van der Waals surface area contributed by atoms with E-state index in [0.717, 1.165) is 52.9 Å². The van der Waals surface area contributed by atoms with E-state index in [2.05, 4.69) is 5.32 Å². The third kappa shape index (κ3) is 4.87. The molecule has 0 aliphatic heterocycles. The van der Waals surface area contributed by atoms with Gasteiger partial charge in [0.2, 0.25) is 10.0 Å². The Hall–Kier alpha value is -3.07. The number of carbonyl (C=O) groups excluding carboxylic acids is 1. The SMILES string of the molecule is CN(C1CCCCC1)S(=O)(=O)c1ccc(C(=O)Nc2ccccc2-c2nc3ccccc3s2)cc1. The van der Waals surface area contributed by atoms with Gasteiger partial charge in [0.15, 0.2) is 0 Å². The maximum absolute atomic E-state index is 13.1. The number of nitrogens with zero attached hydrogens (tertiary/aromatic N) is 2. The number of hydrogen-bond acceptors (Lipinski definition) is 5. The van der Waals surface area contributed by atoms with Crippen LogP contribution < -0.4 is 5.32 Å². The summed E-state index contributed by atoms with van der Waals surface area (Å²) in [6.45, 7) is 0. The Labute approximate surface area is 209 Å². The summed E-state index contributed by atoms with van der Waals surface area (Å²) < 4.78 is 28.8. The highest BCUT2D eigenvalue weighted by atomic mass is 32.2. The van der Waals surface area contributed by atoms with Gasteiger partial charge in [0.1, 0.15) is 5.01 Å². The third-order valence-electron chi connectivity index (χ3n) is 6.58. The molecule has 1 aromatic heterocycles. The van der Waals surface area contributed by atoms with E-state index in [0.29, 0.717) is 11.3 Å². The Bertz CT molecular complexity index is 1420. The monoisotopic (exact) mass is 505 g/mol. The standard InChI is InChI=1S/C27H27N3O3S2/c1-30(20-9-3-2-4-10-20)35(32,33)21-17-15-19(16-18-21)26(31)28-23-12-6-5-11-22(23)27-29-24-13-7-8-14-25(24)34-27/h5-8,11-18,20H,2-4,9-10H2,1H3,(H,28,31). The van der Waals surface area contributed by atoms with E-state index >= 15 is 0 Å². The molecule has 0 radical (unpaired) electrons. The van der Waals surface area contributed by atoms with E-state index < -0.39 is 10.0 Å². The number of aromatic nitrogens is 1. The lowest BCUT2D eigenvalue weighted by molar-refractivity contribution is 0.102. The van der Waals surface area contributed by atoms with Crippen LogP contribution in [0.25, 0.3) is 20.8 Å². The Kier molecular flexibility index (Phi) is 6.69. The number of carbonyl (C=O) groups is 1. The quantitative estimate of drug-likeness (QED) is 0.340. The van der Waals surface area contributed by atoms with Gasteiger partial charge in [-0.1, -0.05) is 43.5 Å². The normalized spacial score (nSPS) is 14.9. The smallest absolute Gasteiger partial charge is 0.255 e. The molecule has 0 unspecified atom stereocenters. The fourth-order valence-electron chi connectivity index (χ4n) is 4.55. The van der Waals surface area contributed by atoms with Gasteiger partial charge >= 0.3 is 0 Å². The van der Waals surface area contributed by atoms with Crippen LogP contribution in [0.2, 0.25) is 0 Å². The zero-order valence-corrected chi connectivity index (χ0v) is 21.1. The maximum atomic E-state index is 13.1. The molecule has 35 heavy (non-hydrogen) atoms. The summed E-state index contributed by atoms with van der Waals surface area (Å²) >= 11 is 1.57. The average Bonchev–Trinajstić information content (AvgIpc) is 3.33. The Morgan fingerprint density at radius 3 is 2.37 bits per heavy atom. The molecule has 1 aliphatic rings. The molecule has 1 amide bonds. The maximum Gasteiger partial charge on any atom is 0.255 e. The molecule has 1 fully saturated rings. The minimum Gasteiger partial charge on any atom is -0.321 e. The zero-order chi connectivity index (χ0) is 24.4. The molecule has 5 rings (SSSR count). The number of fused-ring (bicyclic) bond motifs is 1. The van der Waals surface area contributed by atoms with Gasteiger partial charge in [-0.25, -0.2) is 13.4 Å². The lowest BCUT2D eigenvalue weighted by Crippen LogP contribution is -2.38. The second-order valence-corrected chi connectivity index (χ2v) is 11.9. The van der Waals surface area contributed by atoms with Crippen molar-refractivity contribution in [2.45, 2.75) is 43.0 Å². The lowest BCUT2D eigenvalue weighted by atomic mass is 9.96. The topological polar surface area (TPSA) is 79.4 Å². The van der Waals surface area contributed by atoms with Crippen molar-refractivity contribution in [2.75, 3.05) is 12.4 Å². The number of rotatable bonds is 6. The average molecular weight is 506 g/mol. The first-order chi connectivity index (χ1) is 16.9. The van der Waals surface area contributed by atoms with Gasteiger partial charge in [0, 0.05) is 24.2 Å². The summed E-state index contributed by atoms with van der Waals surface area (Å²) in [5.74, 6) is -0.303. The summed E-state index contributed by atoms with van der Waals surface area (Å²) in [4.78, 5) is 17.9. The van der Waals surface area contributed by atoms with Crippen molar-refractivity contribution < 1.29 is 13.2 Å². The van der Waals surface area contributed by atoms with Crippen molar-refractivity contribution in [3.63, 3.8) is 0 Å². The third-order valence-corrected chi connectivity index (χ3v) is 9.58.